The van der Waals surface area contributed by atoms with Crippen LogP contribution in [-0.4, -0.2) is 42.6 Å². The third-order valence-corrected chi connectivity index (χ3v) is 7.93. The molecule has 0 aliphatic carbocycles. The van der Waals surface area contributed by atoms with Crippen LogP contribution in [0.15, 0.2) is 83.8 Å². The van der Waals surface area contributed by atoms with Crippen molar-refractivity contribution in [1.82, 2.24) is 0 Å². The zero-order valence-electron chi connectivity index (χ0n) is 18.5. The van der Waals surface area contributed by atoms with Crippen molar-refractivity contribution < 1.29 is 21.6 Å². The maximum Gasteiger partial charge on any atom is 0.264 e. The highest BCUT2D eigenvalue weighted by molar-refractivity contribution is 7.93. The smallest absolute Gasteiger partial charge is 0.264 e. The molecule has 0 aromatic heterocycles. The summed E-state index contributed by atoms with van der Waals surface area (Å²) in [5, 5.41) is 2.66. The van der Waals surface area contributed by atoms with E-state index in [1.807, 2.05) is 6.92 Å². The normalized spacial score (nSPS) is 11.6. The minimum atomic E-state index is -4.01. The van der Waals surface area contributed by atoms with Gasteiger partial charge in [0.05, 0.1) is 22.5 Å². The van der Waals surface area contributed by atoms with Crippen molar-refractivity contribution in [2.45, 2.75) is 11.8 Å². The van der Waals surface area contributed by atoms with Crippen LogP contribution in [-0.2, 0) is 24.8 Å². The number of carbonyl (C=O) groups excluding carboxylic acids is 1. The topological polar surface area (TPSA) is 104 Å². The maximum atomic E-state index is 13.4. The standard InChI is InChI=1S/C23H25N3O5S2/c1-18-12-14-22(15-13-18)33(30,31)26(20-9-5-4-6-10-20)17-23(27)24-19-8-7-11-21(16-19)25(2)32(3,28)29/h4-16H,17H2,1-3H3,(H,24,27). The highest BCUT2D eigenvalue weighted by atomic mass is 32.2. The number of aryl methyl sites for hydroxylation is 1. The summed E-state index contributed by atoms with van der Waals surface area (Å²) >= 11 is 0. The lowest BCUT2D eigenvalue weighted by Gasteiger charge is -2.24. The van der Waals surface area contributed by atoms with Gasteiger partial charge in [0.25, 0.3) is 10.0 Å². The highest BCUT2D eigenvalue weighted by Gasteiger charge is 2.27. The fourth-order valence-electron chi connectivity index (χ4n) is 3.05. The molecule has 0 saturated carbocycles. The molecule has 0 saturated heterocycles. The van der Waals surface area contributed by atoms with Gasteiger partial charge in [-0.05, 0) is 49.4 Å². The van der Waals surface area contributed by atoms with Crippen molar-refractivity contribution in [3.63, 3.8) is 0 Å². The quantitative estimate of drug-likeness (QED) is 0.525. The van der Waals surface area contributed by atoms with Crippen molar-refractivity contribution >= 4 is 43.0 Å². The van der Waals surface area contributed by atoms with Gasteiger partial charge in [-0.15, -0.1) is 0 Å². The molecular formula is C23H25N3O5S2. The van der Waals surface area contributed by atoms with Crippen molar-refractivity contribution in [2.24, 2.45) is 0 Å². The Bertz CT molecular complexity index is 1340. The Morgan fingerprint density at radius 1 is 0.848 bits per heavy atom. The van der Waals surface area contributed by atoms with Crippen molar-refractivity contribution in [3.8, 4) is 0 Å². The van der Waals surface area contributed by atoms with E-state index in [0.717, 1.165) is 20.4 Å². The van der Waals surface area contributed by atoms with Crippen LogP contribution in [0.2, 0.25) is 0 Å². The van der Waals surface area contributed by atoms with E-state index in [1.54, 1.807) is 60.7 Å². The minimum Gasteiger partial charge on any atom is -0.324 e. The van der Waals surface area contributed by atoms with Gasteiger partial charge in [-0.25, -0.2) is 16.8 Å². The average Bonchev–Trinajstić information content (AvgIpc) is 2.77. The zero-order valence-corrected chi connectivity index (χ0v) is 20.1. The van der Waals surface area contributed by atoms with E-state index in [1.165, 1.54) is 25.2 Å². The Morgan fingerprint density at radius 3 is 2.06 bits per heavy atom. The monoisotopic (exact) mass is 487 g/mol. The van der Waals surface area contributed by atoms with Gasteiger partial charge >= 0.3 is 0 Å². The van der Waals surface area contributed by atoms with E-state index in [2.05, 4.69) is 5.32 Å². The molecule has 3 aromatic rings. The molecule has 1 N–H and O–H groups in total. The second kappa shape index (κ2) is 9.63. The number of nitrogens with zero attached hydrogens (tertiary/aromatic N) is 2. The van der Waals surface area contributed by atoms with Crippen LogP contribution in [0.5, 0.6) is 0 Å². The zero-order chi connectivity index (χ0) is 24.2. The Balaban J connectivity index is 1.89. The summed E-state index contributed by atoms with van der Waals surface area (Å²) in [6.45, 7) is 1.39. The number of hydrogen-bond donors (Lipinski definition) is 1. The molecule has 1 amide bonds. The largest absolute Gasteiger partial charge is 0.324 e. The molecule has 0 bridgehead atoms. The second-order valence-electron chi connectivity index (χ2n) is 7.49. The van der Waals surface area contributed by atoms with Crippen LogP contribution in [0.1, 0.15) is 5.56 Å². The Hall–Kier alpha value is -3.37. The number of para-hydroxylation sites is 1. The summed E-state index contributed by atoms with van der Waals surface area (Å²) in [6, 6.07) is 21.0. The SMILES string of the molecule is Cc1ccc(S(=O)(=O)N(CC(=O)Nc2cccc(N(C)S(C)(=O)=O)c2)c2ccccc2)cc1. The van der Waals surface area contributed by atoms with Gasteiger partial charge in [-0.1, -0.05) is 42.0 Å². The molecule has 0 atom stereocenters. The van der Waals surface area contributed by atoms with E-state index in [9.17, 15) is 21.6 Å². The minimum absolute atomic E-state index is 0.0709. The van der Waals surface area contributed by atoms with Crippen LogP contribution in [0.4, 0.5) is 17.1 Å². The Labute approximate surface area is 194 Å². The second-order valence-corrected chi connectivity index (χ2v) is 11.4. The van der Waals surface area contributed by atoms with Crippen LogP contribution in [0, 0.1) is 6.92 Å². The van der Waals surface area contributed by atoms with Gasteiger partial charge in [0.15, 0.2) is 0 Å². The van der Waals surface area contributed by atoms with Crippen LogP contribution < -0.4 is 13.9 Å². The molecule has 0 aliphatic rings. The third-order valence-electron chi connectivity index (χ3n) is 4.93. The Morgan fingerprint density at radius 2 is 1.45 bits per heavy atom. The number of carbonyl (C=O) groups is 1. The molecule has 0 unspecified atom stereocenters. The van der Waals surface area contributed by atoms with Gasteiger partial charge in [-0.3, -0.25) is 13.4 Å². The summed E-state index contributed by atoms with van der Waals surface area (Å²) in [6.07, 6.45) is 1.08. The summed E-state index contributed by atoms with van der Waals surface area (Å²) in [4.78, 5) is 12.9. The fraction of sp³-hybridized carbons (Fsp3) is 0.174. The fourth-order valence-corrected chi connectivity index (χ4v) is 4.97. The van der Waals surface area contributed by atoms with E-state index < -0.39 is 32.5 Å². The first-order valence-corrected chi connectivity index (χ1v) is 13.3. The molecule has 0 aliphatic heterocycles. The van der Waals surface area contributed by atoms with Crippen LogP contribution >= 0.6 is 0 Å². The molecule has 0 spiro atoms. The molecule has 8 nitrogen and oxygen atoms in total. The molecule has 3 rings (SSSR count). The predicted octanol–water partition coefficient (Wildman–Crippen LogP) is 3.22. The molecular weight excluding hydrogens is 462 g/mol. The van der Waals surface area contributed by atoms with Gasteiger partial charge < -0.3 is 5.32 Å². The van der Waals surface area contributed by atoms with Gasteiger partial charge in [0, 0.05) is 12.7 Å². The number of hydrogen-bond acceptors (Lipinski definition) is 5. The summed E-state index contributed by atoms with van der Waals surface area (Å²) in [5.74, 6) is -0.575. The molecule has 10 heteroatoms. The summed E-state index contributed by atoms with van der Waals surface area (Å²) < 4.78 is 52.4. The third kappa shape index (κ3) is 5.91. The molecule has 33 heavy (non-hydrogen) atoms. The van der Waals surface area contributed by atoms with Crippen molar-refractivity contribution in [2.75, 3.05) is 33.8 Å². The summed E-state index contributed by atoms with van der Waals surface area (Å²) in [5.41, 5.74) is 1.96. The summed E-state index contributed by atoms with van der Waals surface area (Å²) in [7, 11) is -6.09. The first-order chi connectivity index (χ1) is 15.5. The number of nitrogens with one attached hydrogen (secondary N) is 1. The average molecular weight is 488 g/mol. The Kier molecular flexibility index (Phi) is 7.09. The van der Waals surface area contributed by atoms with E-state index in [-0.39, 0.29) is 4.90 Å². The van der Waals surface area contributed by atoms with Gasteiger partial charge in [-0.2, -0.15) is 0 Å². The van der Waals surface area contributed by atoms with Crippen molar-refractivity contribution in [1.29, 1.82) is 0 Å². The van der Waals surface area contributed by atoms with E-state index in [4.69, 9.17) is 0 Å². The predicted molar refractivity (Wildman–Crippen MR) is 130 cm³/mol. The lowest BCUT2D eigenvalue weighted by molar-refractivity contribution is -0.114. The van der Waals surface area contributed by atoms with Crippen LogP contribution in [0.25, 0.3) is 0 Å². The molecule has 0 heterocycles. The number of rotatable bonds is 8. The van der Waals surface area contributed by atoms with E-state index in [0.29, 0.717) is 17.1 Å². The molecule has 0 radical (unpaired) electrons. The maximum absolute atomic E-state index is 13.4. The number of sulfonamides is 2. The van der Waals surface area contributed by atoms with E-state index >= 15 is 0 Å². The lowest BCUT2D eigenvalue weighted by atomic mass is 10.2. The van der Waals surface area contributed by atoms with Gasteiger partial charge in [0.2, 0.25) is 15.9 Å². The molecule has 0 fully saturated rings. The molecule has 174 valence electrons. The number of amides is 1. The number of benzene rings is 3. The lowest BCUT2D eigenvalue weighted by Crippen LogP contribution is -2.38. The van der Waals surface area contributed by atoms with Crippen molar-refractivity contribution in [3.05, 3.63) is 84.4 Å². The number of anilines is 3. The van der Waals surface area contributed by atoms with Gasteiger partial charge in [0.1, 0.15) is 6.54 Å². The highest BCUT2D eigenvalue weighted by Crippen LogP contribution is 2.25. The van der Waals surface area contributed by atoms with Crippen LogP contribution in [0.3, 0.4) is 0 Å². The first kappa shape index (κ1) is 24.3. The first-order valence-electron chi connectivity index (χ1n) is 9.97. The molecule has 3 aromatic carbocycles.